The van der Waals surface area contributed by atoms with Gasteiger partial charge in [0.05, 0.1) is 0 Å². The van der Waals surface area contributed by atoms with Gasteiger partial charge in [0.1, 0.15) is 0 Å². The molecule has 0 radical (unpaired) electrons. The number of halogens is 1. The van der Waals surface area contributed by atoms with Crippen molar-refractivity contribution in [2.45, 2.75) is 26.2 Å². The van der Waals surface area contributed by atoms with Crippen molar-refractivity contribution in [1.82, 2.24) is 0 Å². The molecule has 1 amide bonds. The van der Waals surface area contributed by atoms with Gasteiger partial charge in [-0.2, -0.15) is 0 Å². The molecule has 0 spiro atoms. The summed E-state index contributed by atoms with van der Waals surface area (Å²) in [4.78, 5) is 12.1. The Morgan fingerprint density at radius 3 is 2.86 bits per heavy atom. The van der Waals surface area contributed by atoms with E-state index in [2.05, 4.69) is 35.8 Å². The van der Waals surface area contributed by atoms with Crippen LogP contribution in [0.1, 0.15) is 23.1 Å². The SMILES string of the molecule is Cc1ccccc1CCC(=O)Nc1ccc2c(c1)CCN2.Cl. The Labute approximate surface area is 137 Å². The van der Waals surface area contributed by atoms with E-state index in [-0.39, 0.29) is 18.3 Å². The van der Waals surface area contributed by atoms with Crippen LogP contribution in [0.2, 0.25) is 0 Å². The number of aryl methyl sites for hydroxylation is 2. The summed E-state index contributed by atoms with van der Waals surface area (Å²) >= 11 is 0. The van der Waals surface area contributed by atoms with E-state index in [1.165, 1.54) is 22.4 Å². The highest BCUT2D eigenvalue weighted by molar-refractivity contribution is 5.91. The fraction of sp³-hybridized carbons (Fsp3) is 0.278. The van der Waals surface area contributed by atoms with Gasteiger partial charge in [0.2, 0.25) is 5.91 Å². The number of fused-ring (bicyclic) bond motifs is 1. The van der Waals surface area contributed by atoms with Crippen LogP contribution >= 0.6 is 12.4 Å². The Morgan fingerprint density at radius 2 is 2.05 bits per heavy atom. The second-order valence-corrected chi connectivity index (χ2v) is 5.52. The monoisotopic (exact) mass is 316 g/mol. The van der Waals surface area contributed by atoms with Gasteiger partial charge in [-0.05, 0) is 54.7 Å². The Bertz CT molecular complexity index is 670. The van der Waals surface area contributed by atoms with Crippen molar-refractivity contribution in [3.05, 3.63) is 59.2 Å². The zero-order chi connectivity index (χ0) is 14.7. The summed E-state index contributed by atoms with van der Waals surface area (Å²) in [5.41, 5.74) is 5.85. The van der Waals surface area contributed by atoms with E-state index >= 15 is 0 Å². The molecule has 1 aliphatic rings. The second-order valence-electron chi connectivity index (χ2n) is 5.52. The average Bonchev–Trinajstić information content (AvgIpc) is 2.94. The van der Waals surface area contributed by atoms with Crippen molar-refractivity contribution in [3.63, 3.8) is 0 Å². The van der Waals surface area contributed by atoms with Gasteiger partial charge >= 0.3 is 0 Å². The highest BCUT2D eigenvalue weighted by Crippen LogP contribution is 2.25. The fourth-order valence-electron chi connectivity index (χ4n) is 2.74. The van der Waals surface area contributed by atoms with E-state index in [9.17, 15) is 4.79 Å². The van der Waals surface area contributed by atoms with Gasteiger partial charge in [0.25, 0.3) is 0 Å². The fourth-order valence-corrected chi connectivity index (χ4v) is 2.74. The molecule has 0 aliphatic carbocycles. The lowest BCUT2D eigenvalue weighted by atomic mass is 10.0. The minimum Gasteiger partial charge on any atom is -0.384 e. The largest absolute Gasteiger partial charge is 0.384 e. The van der Waals surface area contributed by atoms with E-state index in [1.54, 1.807) is 0 Å². The predicted octanol–water partition coefficient (Wildman–Crippen LogP) is 3.96. The number of benzene rings is 2. The molecule has 1 heterocycles. The molecule has 2 aromatic rings. The topological polar surface area (TPSA) is 41.1 Å². The summed E-state index contributed by atoms with van der Waals surface area (Å²) in [6.07, 6.45) is 2.33. The zero-order valence-electron chi connectivity index (χ0n) is 12.7. The smallest absolute Gasteiger partial charge is 0.224 e. The van der Waals surface area contributed by atoms with Gasteiger partial charge in [0.15, 0.2) is 0 Å². The third kappa shape index (κ3) is 3.80. The number of anilines is 2. The lowest BCUT2D eigenvalue weighted by Crippen LogP contribution is -2.12. The summed E-state index contributed by atoms with van der Waals surface area (Å²) in [7, 11) is 0. The van der Waals surface area contributed by atoms with Gasteiger partial charge < -0.3 is 10.6 Å². The number of nitrogens with one attached hydrogen (secondary N) is 2. The van der Waals surface area contributed by atoms with E-state index in [4.69, 9.17) is 0 Å². The van der Waals surface area contributed by atoms with Crippen molar-refractivity contribution in [3.8, 4) is 0 Å². The molecular weight excluding hydrogens is 296 g/mol. The van der Waals surface area contributed by atoms with Crippen LogP contribution in [0.5, 0.6) is 0 Å². The summed E-state index contributed by atoms with van der Waals surface area (Å²) < 4.78 is 0. The third-order valence-corrected chi connectivity index (χ3v) is 3.98. The predicted molar refractivity (Wildman–Crippen MR) is 94.0 cm³/mol. The molecule has 0 fully saturated rings. The van der Waals surface area contributed by atoms with Crippen molar-refractivity contribution < 1.29 is 4.79 Å². The van der Waals surface area contributed by atoms with Crippen LogP contribution in [0.3, 0.4) is 0 Å². The van der Waals surface area contributed by atoms with E-state index < -0.39 is 0 Å². The maximum Gasteiger partial charge on any atom is 0.224 e. The number of hydrogen-bond acceptors (Lipinski definition) is 2. The summed E-state index contributed by atoms with van der Waals surface area (Å²) in [6, 6.07) is 14.3. The Hall–Kier alpha value is -2.00. The number of carbonyl (C=O) groups is 1. The Balaban J connectivity index is 0.00000176. The highest BCUT2D eigenvalue weighted by atomic mass is 35.5. The first-order chi connectivity index (χ1) is 10.2. The van der Waals surface area contributed by atoms with Crippen LogP contribution < -0.4 is 10.6 Å². The molecule has 0 saturated carbocycles. The lowest BCUT2D eigenvalue weighted by Gasteiger charge is -2.08. The maximum absolute atomic E-state index is 12.1. The van der Waals surface area contributed by atoms with E-state index in [1.807, 2.05) is 24.3 Å². The van der Waals surface area contributed by atoms with E-state index in [0.717, 1.165) is 25.1 Å². The number of amides is 1. The molecule has 0 bridgehead atoms. The molecule has 3 rings (SSSR count). The molecule has 0 saturated heterocycles. The summed E-state index contributed by atoms with van der Waals surface area (Å²) in [6.45, 7) is 3.07. The first-order valence-corrected chi connectivity index (χ1v) is 7.43. The van der Waals surface area contributed by atoms with Gasteiger partial charge in [-0.15, -0.1) is 12.4 Å². The minimum atomic E-state index is 0. The first kappa shape index (κ1) is 16.4. The molecule has 2 N–H and O–H groups in total. The van der Waals surface area contributed by atoms with E-state index in [0.29, 0.717) is 6.42 Å². The van der Waals surface area contributed by atoms with Gasteiger partial charge in [0, 0.05) is 24.3 Å². The molecule has 1 aliphatic heterocycles. The molecule has 2 aromatic carbocycles. The van der Waals surface area contributed by atoms with Gasteiger partial charge in [-0.3, -0.25) is 4.79 Å². The van der Waals surface area contributed by atoms with Crippen LogP contribution in [0.4, 0.5) is 11.4 Å². The first-order valence-electron chi connectivity index (χ1n) is 7.43. The minimum absolute atomic E-state index is 0. The van der Waals surface area contributed by atoms with Crippen LogP contribution in [0.25, 0.3) is 0 Å². The van der Waals surface area contributed by atoms with Crippen LogP contribution in [0.15, 0.2) is 42.5 Å². The number of hydrogen-bond donors (Lipinski definition) is 2. The van der Waals surface area contributed by atoms with Crippen molar-refractivity contribution >= 4 is 29.7 Å². The van der Waals surface area contributed by atoms with Crippen LogP contribution in [0, 0.1) is 6.92 Å². The summed E-state index contributed by atoms with van der Waals surface area (Å²) in [5.74, 6) is 0.0733. The normalized spacial score (nSPS) is 12.0. The molecule has 116 valence electrons. The van der Waals surface area contributed by atoms with Gasteiger partial charge in [-0.1, -0.05) is 24.3 Å². The molecule has 3 nitrogen and oxygen atoms in total. The Kier molecular flexibility index (Phi) is 5.45. The standard InChI is InChI=1S/C18H20N2O.ClH/c1-13-4-2-3-5-14(13)6-9-18(21)20-16-7-8-17-15(12-16)10-11-19-17;/h2-5,7-8,12,19H,6,9-11H2,1H3,(H,20,21);1H. The molecule has 0 atom stereocenters. The number of carbonyl (C=O) groups excluding carboxylic acids is 1. The van der Waals surface area contributed by atoms with Crippen molar-refractivity contribution in [1.29, 1.82) is 0 Å². The summed E-state index contributed by atoms with van der Waals surface area (Å²) in [5, 5.41) is 6.32. The zero-order valence-corrected chi connectivity index (χ0v) is 13.5. The quantitative estimate of drug-likeness (QED) is 0.896. The van der Waals surface area contributed by atoms with Crippen LogP contribution in [-0.4, -0.2) is 12.5 Å². The molecule has 4 heteroatoms. The maximum atomic E-state index is 12.1. The molecule has 22 heavy (non-hydrogen) atoms. The molecular formula is C18H21ClN2O. The number of rotatable bonds is 4. The third-order valence-electron chi connectivity index (χ3n) is 3.98. The average molecular weight is 317 g/mol. The molecule has 0 unspecified atom stereocenters. The Morgan fingerprint density at radius 1 is 1.23 bits per heavy atom. The van der Waals surface area contributed by atoms with Crippen molar-refractivity contribution in [2.24, 2.45) is 0 Å². The van der Waals surface area contributed by atoms with Crippen molar-refractivity contribution in [2.75, 3.05) is 17.2 Å². The highest BCUT2D eigenvalue weighted by Gasteiger charge is 2.11. The lowest BCUT2D eigenvalue weighted by molar-refractivity contribution is -0.116. The van der Waals surface area contributed by atoms with Gasteiger partial charge in [-0.25, -0.2) is 0 Å². The van der Waals surface area contributed by atoms with Crippen LogP contribution in [-0.2, 0) is 17.6 Å². The second kappa shape index (κ2) is 7.32. The molecule has 0 aromatic heterocycles.